The quantitative estimate of drug-likeness (QED) is 0.293. The Morgan fingerprint density at radius 2 is 2.12 bits per heavy atom. The number of sulfonamides is 1. The molecule has 13 heteroatoms. The van der Waals surface area contributed by atoms with E-state index in [2.05, 4.69) is 14.9 Å². The van der Waals surface area contributed by atoms with Gasteiger partial charge in [-0.15, -0.1) is 0 Å². The zero-order chi connectivity index (χ0) is 24.5. The topological polar surface area (TPSA) is 127 Å². The normalized spacial score (nSPS) is 35.3. The smallest absolute Gasteiger partial charge is 0.209 e. The molecule has 4 aliphatic heterocycles. The maximum Gasteiger partial charge on any atom is 0.209 e. The number of nitrogens with zero attached hydrogens (tertiary/aromatic N) is 4. The Morgan fingerprint density at radius 1 is 1.32 bits per heavy atom. The summed E-state index contributed by atoms with van der Waals surface area (Å²) in [5, 5.41) is 5.03. The van der Waals surface area contributed by atoms with Crippen molar-refractivity contribution in [2.75, 3.05) is 45.3 Å². The monoisotopic (exact) mass is 522 g/mol. The summed E-state index contributed by atoms with van der Waals surface area (Å²) in [6, 6.07) is -1.06. The van der Waals surface area contributed by atoms with Gasteiger partial charge < -0.3 is 15.4 Å². The van der Waals surface area contributed by atoms with Crippen LogP contribution in [-0.2, 0) is 14.8 Å². The number of rotatable bonds is 7. The van der Waals surface area contributed by atoms with E-state index < -0.39 is 28.4 Å². The molecule has 0 aromatic heterocycles. The number of ether oxygens (including phenoxy) is 1. The molecule has 3 unspecified atom stereocenters. The van der Waals surface area contributed by atoms with E-state index in [0.717, 1.165) is 25.8 Å². The van der Waals surface area contributed by atoms with Crippen LogP contribution >= 0.6 is 11.6 Å². The number of aliphatic imine (C=N–C) groups is 2. The van der Waals surface area contributed by atoms with Gasteiger partial charge in [0.05, 0.1) is 18.4 Å². The van der Waals surface area contributed by atoms with Gasteiger partial charge in [-0.2, -0.15) is 0 Å². The number of piperidine rings is 1. The Bertz CT molecular complexity index is 964. The van der Waals surface area contributed by atoms with E-state index in [1.165, 1.54) is 6.20 Å². The minimum atomic E-state index is -3.63. The molecule has 0 radical (unpaired) electrons. The molecule has 0 aromatic carbocycles. The second-order valence-electron chi connectivity index (χ2n) is 9.78. The molecule has 4 aliphatic rings. The fourth-order valence-corrected chi connectivity index (χ4v) is 6.80. The largest absolute Gasteiger partial charge is 0.357 e. The molecular formula is C21H33ClF2N6O3S. The van der Waals surface area contributed by atoms with Gasteiger partial charge in [0, 0.05) is 43.4 Å². The summed E-state index contributed by atoms with van der Waals surface area (Å²) in [7, 11) is -3.63. The van der Waals surface area contributed by atoms with E-state index >= 15 is 0 Å². The van der Waals surface area contributed by atoms with Gasteiger partial charge >= 0.3 is 0 Å². The van der Waals surface area contributed by atoms with Gasteiger partial charge in [-0.1, -0.05) is 11.6 Å². The predicted octanol–water partition coefficient (Wildman–Crippen LogP) is 1.14. The second kappa shape index (κ2) is 10.4. The van der Waals surface area contributed by atoms with Gasteiger partial charge in [-0.25, -0.2) is 32.3 Å². The SMILES string of the molecule is NC1C(/C(=N\COC[C@@]23CCCN2C[C@@H](F)C3)N2CCCC(CS(N)(=O)=O)C2)=CN=C(Cl)C1F. The van der Waals surface area contributed by atoms with Crippen LogP contribution in [0.5, 0.6) is 0 Å². The minimum absolute atomic E-state index is 0.0172. The van der Waals surface area contributed by atoms with Crippen molar-refractivity contribution < 1.29 is 21.9 Å². The Hall–Kier alpha value is -1.18. The molecule has 0 amide bonds. The van der Waals surface area contributed by atoms with Gasteiger partial charge in [0.2, 0.25) is 10.0 Å². The summed E-state index contributed by atoms with van der Waals surface area (Å²) in [4.78, 5) is 12.6. The van der Waals surface area contributed by atoms with Crippen molar-refractivity contribution in [2.24, 2.45) is 26.8 Å². The lowest BCUT2D eigenvalue weighted by atomic mass is 9.95. The number of amidine groups is 1. The fourth-order valence-electron chi connectivity index (χ4n) is 5.69. The molecule has 3 saturated heterocycles. The number of likely N-dealkylation sites (tertiary alicyclic amines) is 1. The van der Waals surface area contributed by atoms with E-state index in [-0.39, 0.29) is 29.1 Å². The molecule has 0 aliphatic carbocycles. The average molecular weight is 523 g/mol. The van der Waals surface area contributed by atoms with Crippen LogP contribution in [0.4, 0.5) is 8.78 Å². The third-order valence-electron chi connectivity index (χ3n) is 7.21. The van der Waals surface area contributed by atoms with E-state index in [0.29, 0.717) is 50.5 Å². The number of primary sulfonamides is 1. The van der Waals surface area contributed by atoms with Gasteiger partial charge in [0.25, 0.3) is 0 Å². The summed E-state index contributed by atoms with van der Waals surface area (Å²) in [5.41, 5.74) is 6.21. The maximum absolute atomic E-state index is 14.6. The molecule has 192 valence electrons. The molecule has 4 rings (SSSR count). The summed E-state index contributed by atoms with van der Waals surface area (Å²) >= 11 is 5.83. The van der Waals surface area contributed by atoms with Crippen LogP contribution < -0.4 is 10.9 Å². The minimum Gasteiger partial charge on any atom is -0.357 e. The molecule has 0 aromatic rings. The molecule has 34 heavy (non-hydrogen) atoms. The Morgan fingerprint density at radius 3 is 2.88 bits per heavy atom. The van der Waals surface area contributed by atoms with Crippen LogP contribution in [0.3, 0.4) is 0 Å². The highest BCUT2D eigenvalue weighted by molar-refractivity contribution is 7.89. The lowest BCUT2D eigenvalue weighted by Crippen LogP contribution is -2.49. The molecule has 5 atom stereocenters. The average Bonchev–Trinajstić information content (AvgIpc) is 3.27. The summed E-state index contributed by atoms with van der Waals surface area (Å²) in [5.74, 6) is 0.0869. The number of fused-ring (bicyclic) bond motifs is 1. The standard InChI is InChI=1S/C21H33ClF2N6O3S/c22-19-17(24)18(25)16(8-27-19)20(29-5-1-3-14(9-29)11-34(26,31)32)28-13-33-12-21-4-2-6-30(21)10-15(23)7-21/h8,14-15,17-18H,1-7,9-13,25H2,(H2,26,31,32)/b28-20+/t14?,15-,17?,18?,21-/m0/s1. The number of halogens is 3. The molecular weight excluding hydrogens is 490 g/mol. The van der Waals surface area contributed by atoms with Crippen molar-refractivity contribution >= 4 is 32.6 Å². The molecule has 4 heterocycles. The number of hydrogen-bond acceptors (Lipinski definition) is 7. The predicted molar refractivity (Wildman–Crippen MR) is 128 cm³/mol. The molecule has 0 bridgehead atoms. The van der Waals surface area contributed by atoms with Crippen molar-refractivity contribution in [3.05, 3.63) is 11.8 Å². The zero-order valence-electron chi connectivity index (χ0n) is 19.1. The highest BCUT2D eigenvalue weighted by Crippen LogP contribution is 2.40. The lowest BCUT2D eigenvalue weighted by molar-refractivity contribution is 0.0383. The first-order valence-electron chi connectivity index (χ1n) is 11.7. The maximum atomic E-state index is 14.6. The van der Waals surface area contributed by atoms with Crippen molar-refractivity contribution in [3.63, 3.8) is 0 Å². The summed E-state index contributed by atoms with van der Waals surface area (Å²) < 4.78 is 57.7. The molecule has 0 spiro atoms. The highest BCUT2D eigenvalue weighted by atomic mass is 35.5. The highest BCUT2D eigenvalue weighted by Gasteiger charge is 2.48. The number of alkyl halides is 2. The molecule has 4 N–H and O–H groups in total. The van der Waals surface area contributed by atoms with E-state index in [4.69, 9.17) is 27.2 Å². The van der Waals surface area contributed by atoms with Crippen LogP contribution in [-0.4, -0.2) is 98.4 Å². The van der Waals surface area contributed by atoms with E-state index in [9.17, 15) is 17.2 Å². The lowest BCUT2D eigenvalue weighted by Gasteiger charge is -2.37. The third kappa shape index (κ3) is 5.79. The first-order valence-corrected chi connectivity index (χ1v) is 13.8. The molecule has 3 fully saturated rings. The zero-order valence-corrected chi connectivity index (χ0v) is 20.7. The fraction of sp³-hybridized carbons (Fsp3) is 0.810. The van der Waals surface area contributed by atoms with Gasteiger partial charge in [0.15, 0.2) is 6.17 Å². The summed E-state index contributed by atoms with van der Waals surface area (Å²) in [6.07, 6.45) is 2.69. The van der Waals surface area contributed by atoms with Gasteiger partial charge in [-0.3, -0.25) is 4.90 Å². The number of hydrogen-bond donors (Lipinski definition) is 2. The third-order valence-corrected chi connectivity index (χ3v) is 8.45. The van der Waals surface area contributed by atoms with Crippen molar-refractivity contribution in [1.29, 1.82) is 0 Å². The van der Waals surface area contributed by atoms with Crippen LogP contribution in [0.2, 0.25) is 0 Å². The van der Waals surface area contributed by atoms with Crippen molar-refractivity contribution in [1.82, 2.24) is 9.80 Å². The first-order chi connectivity index (χ1) is 16.1. The summed E-state index contributed by atoms with van der Waals surface area (Å²) in [6.45, 7) is 2.63. The van der Waals surface area contributed by atoms with E-state index in [1.54, 1.807) is 0 Å². The second-order valence-corrected chi connectivity index (χ2v) is 11.8. The molecule has 9 nitrogen and oxygen atoms in total. The molecule has 0 saturated carbocycles. The van der Waals surface area contributed by atoms with Gasteiger partial charge in [0.1, 0.15) is 23.9 Å². The Balaban J connectivity index is 1.50. The van der Waals surface area contributed by atoms with Crippen LogP contribution in [0, 0.1) is 5.92 Å². The Kier molecular flexibility index (Phi) is 7.95. The Labute approximate surface area is 204 Å². The van der Waals surface area contributed by atoms with Crippen LogP contribution in [0.25, 0.3) is 0 Å². The van der Waals surface area contributed by atoms with Crippen molar-refractivity contribution in [3.8, 4) is 0 Å². The van der Waals surface area contributed by atoms with E-state index in [1.807, 2.05) is 4.90 Å². The van der Waals surface area contributed by atoms with Crippen LogP contribution in [0.1, 0.15) is 32.1 Å². The first kappa shape index (κ1) is 25.9. The van der Waals surface area contributed by atoms with Crippen LogP contribution in [0.15, 0.2) is 21.8 Å². The van der Waals surface area contributed by atoms with Crippen molar-refractivity contribution in [2.45, 2.75) is 56.0 Å². The van der Waals surface area contributed by atoms with Gasteiger partial charge in [-0.05, 0) is 38.1 Å². The number of nitrogens with two attached hydrogens (primary N) is 2.